The second kappa shape index (κ2) is 7.82. The molecule has 1 N–H and O–H groups in total. The second-order valence-corrected chi connectivity index (χ2v) is 7.97. The zero-order valence-electron chi connectivity index (χ0n) is 16.7. The van der Waals surface area contributed by atoms with E-state index in [-0.39, 0.29) is 17.8 Å². The van der Waals surface area contributed by atoms with Gasteiger partial charge in [0.25, 0.3) is 0 Å². The molecule has 0 unspecified atom stereocenters. The third kappa shape index (κ3) is 3.86. The van der Waals surface area contributed by atoms with Crippen LogP contribution in [-0.4, -0.2) is 60.9 Å². The van der Waals surface area contributed by atoms with E-state index in [0.717, 1.165) is 28.8 Å². The number of benzene rings is 1. The number of carboxylic acid groups (broad SMARTS) is 1. The Morgan fingerprint density at radius 3 is 2.45 bits per heavy atom. The lowest BCUT2D eigenvalue weighted by Gasteiger charge is -2.20. The average molecular weight is 419 g/mol. The van der Waals surface area contributed by atoms with Crippen LogP contribution < -0.4 is 4.74 Å². The van der Waals surface area contributed by atoms with Gasteiger partial charge in [0.2, 0.25) is 0 Å². The van der Waals surface area contributed by atoms with Crippen molar-refractivity contribution in [3.05, 3.63) is 60.7 Å². The van der Waals surface area contributed by atoms with Gasteiger partial charge in [-0.05, 0) is 48.9 Å². The first-order chi connectivity index (χ1) is 15.1. The van der Waals surface area contributed by atoms with Gasteiger partial charge in [0.1, 0.15) is 5.75 Å². The van der Waals surface area contributed by atoms with Crippen LogP contribution in [0.1, 0.15) is 23.3 Å². The van der Waals surface area contributed by atoms with Crippen molar-refractivity contribution in [3.63, 3.8) is 0 Å². The van der Waals surface area contributed by atoms with E-state index in [0.29, 0.717) is 30.7 Å². The van der Waals surface area contributed by atoms with E-state index in [9.17, 15) is 9.59 Å². The van der Waals surface area contributed by atoms with Gasteiger partial charge in [0.15, 0.2) is 11.5 Å². The summed E-state index contributed by atoms with van der Waals surface area (Å²) in [6.07, 6.45) is 6.68. The Balaban J connectivity index is 1.20. The number of hydrogen-bond acceptors (Lipinski definition) is 6. The Bertz CT molecular complexity index is 1100. The Kier molecular flexibility index (Phi) is 4.85. The van der Waals surface area contributed by atoms with Gasteiger partial charge in [-0.25, -0.2) is 19.6 Å². The Morgan fingerprint density at radius 1 is 1.03 bits per heavy atom. The number of aromatic carboxylic acids is 1. The summed E-state index contributed by atoms with van der Waals surface area (Å²) in [7, 11) is 0. The smallest absolute Gasteiger partial charge is 0.356 e. The lowest BCUT2D eigenvalue weighted by molar-refractivity contribution is 0.0690. The van der Waals surface area contributed by atoms with Crippen molar-refractivity contribution in [2.24, 2.45) is 11.8 Å². The summed E-state index contributed by atoms with van der Waals surface area (Å²) in [5.41, 5.74) is 0.775. The minimum absolute atomic E-state index is 0.0995. The minimum Gasteiger partial charge on any atom is -0.490 e. The normalized spacial score (nSPS) is 22.3. The molecule has 2 aliphatic rings. The van der Waals surface area contributed by atoms with E-state index in [1.807, 2.05) is 24.3 Å². The van der Waals surface area contributed by atoms with Crippen LogP contribution in [-0.2, 0) is 0 Å². The Morgan fingerprint density at radius 2 is 1.77 bits per heavy atom. The monoisotopic (exact) mass is 419 g/mol. The van der Waals surface area contributed by atoms with E-state index in [1.165, 1.54) is 12.3 Å². The standard InChI is InChI=1S/C22H21N5O4/c28-21(29)19-5-8-27(25-19)22(30)26-12-15-10-18(11-16(15)13-26)31-17-4-1-3-14(9-17)20-23-6-2-7-24-20/h1-9,15-16,18H,10-13H2,(H,28,29)/t15-,16+,18+. The molecule has 158 valence electrons. The molecule has 31 heavy (non-hydrogen) atoms. The van der Waals surface area contributed by atoms with Crippen LogP contribution in [0.15, 0.2) is 55.0 Å². The fourth-order valence-electron chi connectivity index (χ4n) is 4.54. The van der Waals surface area contributed by atoms with Crippen LogP contribution in [0.2, 0.25) is 0 Å². The molecule has 3 atom stereocenters. The van der Waals surface area contributed by atoms with Gasteiger partial charge in [0.05, 0.1) is 6.10 Å². The first kappa shape index (κ1) is 19.2. The summed E-state index contributed by atoms with van der Waals surface area (Å²) in [6.45, 7) is 1.26. The summed E-state index contributed by atoms with van der Waals surface area (Å²) >= 11 is 0. The SMILES string of the molecule is O=C(O)c1ccn(C(=O)N2C[C@H]3C[C@H](Oc4cccc(-c5ncccn5)c4)C[C@H]3C2)n1. The number of fused-ring (bicyclic) bond motifs is 1. The van der Waals surface area contributed by atoms with Gasteiger partial charge >= 0.3 is 12.0 Å². The highest BCUT2D eigenvalue weighted by Crippen LogP contribution is 2.40. The van der Waals surface area contributed by atoms with Gasteiger partial charge < -0.3 is 14.7 Å². The lowest BCUT2D eigenvalue weighted by Crippen LogP contribution is -2.34. The summed E-state index contributed by atoms with van der Waals surface area (Å²) < 4.78 is 7.35. The molecule has 2 aromatic heterocycles. The molecular formula is C22H21N5O4. The number of likely N-dealkylation sites (tertiary alicyclic amines) is 1. The topological polar surface area (TPSA) is 110 Å². The number of aromatic nitrogens is 4. The molecule has 1 saturated heterocycles. The molecule has 3 aromatic rings. The van der Waals surface area contributed by atoms with Gasteiger partial charge in [-0.2, -0.15) is 9.78 Å². The number of hydrogen-bond donors (Lipinski definition) is 1. The van der Waals surface area contributed by atoms with E-state index in [4.69, 9.17) is 9.84 Å². The molecular weight excluding hydrogens is 398 g/mol. The second-order valence-electron chi connectivity index (χ2n) is 7.97. The fourth-order valence-corrected chi connectivity index (χ4v) is 4.54. The summed E-state index contributed by atoms with van der Waals surface area (Å²) in [5.74, 6) is 1.04. The van der Waals surface area contributed by atoms with Crippen LogP contribution in [0.3, 0.4) is 0 Å². The molecule has 9 nitrogen and oxygen atoms in total. The largest absolute Gasteiger partial charge is 0.490 e. The molecule has 1 aromatic carbocycles. The predicted octanol–water partition coefficient (Wildman–Crippen LogP) is 2.80. The van der Waals surface area contributed by atoms with E-state index >= 15 is 0 Å². The molecule has 1 amide bonds. The van der Waals surface area contributed by atoms with E-state index < -0.39 is 5.97 Å². The van der Waals surface area contributed by atoms with Gasteiger partial charge in [-0.1, -0.05) is 12.1 Å². The third-order valence-electron chi connectivity index (χ3n) is 5.94. The lowest BCUT2D eigenvalue weighted by atomic mass is 10.0. The molecule has 3 heterocycles. The molecule has 0 radical (unpaired) electrons. The van der Waals surface area contributed by atoms with Crippen LogP contribution in [0, 0.1) is 11.8 Å². The molecule has 9 heteroatoms. The molecule has 1 aliphatic carbocycles. The van der Waals surface area contributed by atoms with Crippen molar-refractivity contribution in [2.45, 2.75) is 18.9 Å². The number of nitrogens with zero attached hydrogens (tertiary/aromatic N) is 5. The number of amides is 1. The third-order valence-corrected chi connectivity index (χ3v) is 5.94. The van der Waals surface area contributed by atoms with Crippen molar-refractivity contribution in [3.8, 4) is 17.1 Å². The van der Waals surface area contributed by atoms with Crippen LogP contribution in [0.25, 0.3) is 11.4 Å². The Labute approximate surface area is 178 Å². The van der Waals surface area contributed by atoms with Crippen molar-refractivity contribution in [1.82, 2.24) is 24.6 Å². The first-order valence-corrected chi connectivity index (χ1v) is 10.2. The van der Waals surface area contributed by atoms with Crippen LogP contribution >= 0.6 is 0 Å². The van der Waals surface area contributed by atoms with Crippen molar-refractivity contribution in [1.29, 1.82) is 0 Å². The van der Waals surface area contributed by atoms with E-state index in [2.05, 4.69) is 15.1 Å². The highest BCUT2D eigenvalue weighted by molar-refractivity contribution is 5.86. The van der Waals surface area contributed by atoms with Crippen LogP contribution in [0.5, 0.6) is 5.75 Å². The molecule has 5 rings (SSSR count). The number of carboxylic acids is 1. The number of rotatable bonds is 4. The zero-order chi connectivity index (χ0) is 21.4. The molecule has 0 bridgehead atoms. The maximum Gasteiger partial charge on any atom is 0.356 e. The maximum atomic E-state index is 12.6. The quantitative estimate of drug-likeness (QED) is 0.692. The average Bonchev–Trinajstić information content (AvgIpc) is 3.49. The van der Waals surface area contributed by atoms with Crippen molar-refractivity contribution in [2.75, 3.05) is 13.1 Å². The number of ether oxygens (including phenoxy) is 1. The summed E-state index contributed by atoms with van der Waals surface area (Å²) in [6, 6.07) is 10.6. The van der Waals surface area contributed by atoms with Gasteiger partial charge in [-0.15, -0.1) is 0 Å². The van der Waals surface area contributed by atoms with Crippen molar-refractivity contribution < 1.29 is 19.4 Å². The van der Waals surface area contributed by atoms with E-state index in [1.54, 1.807) is 23.4 Å². The van der Waals surface area contributed by atoms with Crippen molar-refractivity contribution >= 4 is 12.0 Å². The molecule has 2 fully saturated rings. The molecule has 0 spiro atoms. The first-order valence-electron chi connectivity index (χ1n) is 10.2. The molecule has 1 saturated carbocycles. The van der Waals surface area contributed by atoms with Gasteiger partial charge in [-0.3, -0.25) is 0 Å². The predicted molar refractivity (Wildman–Crippen MR) is 110 cm³/mol. The van der Waals surface area contributed by atoms with Crippen LogP contribution in [0.4, 0.5) is 4.79 Å². The zero-order valence-corrected chi connectivity index (χ0v) is 16.7. The number of carbonyl (C=O) groups excluding carboxylic acids is 1. The highest BCUT2D eigenvalue weighted by Gasteiger charge is 2.43. The number of carbonyl (C=O) groups is 2. The van der Waals surface area contributed by atoms with Gasteiger partial charge in [0, 0.05) is 37.2 Å². The highest BCUT2D eigenvalue weighted by atomic mass is 16.5. The Hall–Kier alpha value is -3.75. The minimum atomic E-state index is -1.15. The fraction of sp³-hybridized carbons (Fsp3) is 0.318. The molecule has 1 aliphatic heterocycles. The maximum absolute atomic E-state index is 12.6. The summed E-state index contributed by atoms with van der Waals surface area (Å²) in [5, 5.41) is 12.8. The summed E-state index contributed by atoms with van der Waals surface area (Å²) in [4.78, 5) is 34.0.